The second kappa shape index (κ2) is 12.0. The Morgan fingerprint density at radius 3 is 2.41 bits per heavy atom. The number of hydrogen-bond donors (Lipinski definition) is 2. The lowest BCUT2D eigenvalue weighted by Crippen LogP contribution is -2.37. The first-order valence-electron chi connectivity index (χ1n) is 8.88. The van der Waals surface area contributed by atoms with E-state index in [1.54, 1.807) is 26.1 Å². The first-order valence-corrected chi connectivity index (χ1v) is 11.5. The zero-order chi connectivity index (χ0) is 20.7. The standard InChI is InChI=1S/C20H25Cl2N3O2S.HI/c1-14-11-15(6-9-19(14)28(3,26)27)13-25-20(23-2)24-10-4-5-16-7-8-17(21)12-18(16)22;/h6-9,11-12H,4-5,10,13H2,1-3H3,(H2,23,24,25);1H. The van der Waals surface area contributed by atoms with Gasteiger partial charge in [-0.05, 0) is 54.7 Å². The van der Waals surface area contributed by atoms with Crippen LogP contribution in [0, 0.1) is 6.92 Å². The Bertz CT molecular complexity index is 966. The molecule has 0 spiro atoms. The Kier molecular flexibility index (Phi) is 10.7. The topological polar surface area (TPSA) is 70.6 Å². The van der Waals surface area contributed by atoms with Crippen LogP contribution in [0.5, 0.6) is 0 Å². The van der Waals surface area contributed by atoms with Crippen molar-refractivity contribution in [2.24, 2.45) is 4.99 Å². The number of sulfone groups is 1. The Morgan fingerprint density at radius 2 is 1.83 bits per heavy atom. The van der Waals surface area contributed by atoms with Crippen molar-refractivity contribution < 1.29 is 8.42 Å². The van der Waals surface area contributed by atoms with Crippen LogP contribution in [0.2, 0.25) is 10.0 Å². The van der Waals surface area contributed by atoms with E-state index in [9.17, 15) is 8.42 Å². The van der Waals surface area contributed by atoms with Gasteiger partial charge in [0.1, 0.15) is 0 Å². The van der Waals surface area contributed by atoms with Gasteiger partial charge in [0, 0.05) is 36.4 Å². The highest BCUT2D eigenvalue weighted by Crippen LogP contribution is 2.22. The van der Waals surface area contributed by atoms with Gasteiger partial charge in [-0.15, -0.1) is 24.0 Å². The maximum absolute atomic E-state index is 11.7. The Morgan fingerprint density at radius 1 is 1.10 bits per heavy atom. The molecule has 0 aliphatic heterocycles. The number of aliphatic imine (C=N–C) groups is 1. The zero-order valence-electron chi connectivity index (χ0n) is 16.6. The van der Waals surface area contributed by atoms with Crippen LogP contribution in [0.3, 0.4) is 0 Å². The summed E-state index contributed by atoms with van der Waals surface area (Å²) in [7, 11) is -1.49. The minimum Gasteiger partial charge on any atom is -0.356 e. The molecule has 0 heterocycles. The van der Waals surface area contributed by atoms with Crippen LogP contribution in [0.1, 0.15) is 23.1 Å². The van der Waals surface area contributed by atoms with Gasteiger partial charge in [-0.25, -0.2) is 8.42 Å². The highest BCUT2D eigenvalue weighted by molar-refractivity contribution is 14.0. The van der Waals surface area contributed by atoms with Crippen molar-refractivity contribution >= 4 is 63.0 Å². The van der Waals surface area contributed by atoms with Gasteiger partial charge >= 0.3 is 0 Å². The number of benzene rings is 2. The molecule has 0 saturated carbocycles. The number of hydrogen-bond acceptors (Lipinski definition) is 3. The normalized spacial score (nSPS) is 11.7. The molecular weight excluding hydrogens is 544 g/mol. The van der Waals surface area contributed by atoms with Crippen LogP contribution in [0.4, 0.5) is 0 Å². The Balaban J connectivity index is 0.00000420. The molecule has 9 heteroatoms. The summed E-state index contributed by atoms with van der Waals surface area (Å²) in [4.78, 5) is 4.57. The molecule has 29 heavy (non-hydrogen) atoms. The third-order valence-corrected chi connectivity index (χ3v) is 6.10. The number of halogens is 3. The Hall–Kier alpha value is -1.03. The molecule has 0 atom stereocenters. The maximum atomic E-state index is 11.7. The van der Waals surface area contributed by atoms with Crippen molar-refractivity contribution in [1.82, 2.24) is 10.6 Å². The van der Waals surface area contributed by atoms with E-state index < -0.39 is 9.84 Å². The average Bonchev–Trinajstić information content (AvgIpc) is 2.61. The monoisotopic (exact) mass is 569 g/mol. The molecule has 5 nitrogen and oxygen atoms in total. The molecule has 2 aromatic carbocycles. The molecule has 0 aromatic heterocycles. The molecule has 0 aliphatic carbocycles. The van der Waals surface area contributed by atoms with E-state index in [1.165, 1.54) is 6.26 Å². The molecule has 0 bridgehead atoms. The van der Waals surface area contributed by atoms with E-state index in [4.69, 9.17) is 23.2 Å². The van der Waals surface area contributed by atoms with Crippen LogP contribution in [0.15, 0.2) is 46.3 Å². The molecule has 0 fully saturated rings. The van der Waals surface area contributed by atoms with Gasteiger partial charge in [-0.1, -0.05) is 41.4 Å². The molecule has 0 saturated heterocycles. The highest BCUT2D eigenvalue weighted by atomic mass is 127. The maximum Gasteiger partial charge on any atom is 0.191 e. The number of rotatable bonds is 7. The zero-order valence-corrected chi connectivity index (χ0v) is 21.3. The van der Waals surface area contributed by atoms with Crippen molar-refractivity contribution in [3.05, 3.63) is 63.1 Å². The van der Waals surface area contributed by atoms with E-state index in [2.05, 4.69) is 15.6 Å². The summed E-state index contributed by atoms with van der Waals surface area (Å²) in [6.45, 7) is 3.09. The SMILES string of the molecule is CN=C(NCCCc1ccc(Cl)cc1Cl)NCc1ccc(S(C)(=O)=O)c(C)c1.I. The smallest absolute Gasteiger partial charge is 0.191 e. The second-order valence-corrected chi connectivity index (χ2v) is 9.39. The van der Waals surface area contributed by atoms with Crippen LogP contribution in [0.25, 0.3) is 0 Å². The van der Waals surface area contributed by atoms with Gasteiger partial charge in [0.25, 0.3) is 0 Å². The molecule has 2 aromatic rings. The van der Waals surface area contributed by atoms with E-state index >= 15 is 0 Å². The second-order valence-electron chi connectivity index (χ2n) is 6.56. The molecule has 160 valence electrons. The lowest BCUT2D eigenvalue weighted by molar-refractivity contribution is 0.601. The minimum absolute atomic E-state index is 0. The first kappa shape index (κ1) is 26.0. The fraction of sp³-hybridized carbons (Fsp3) is 0.350. The van der Waals surface area contributed by atoms with E-state index in [0.717, 1.165) is 36.1 Å². The minimum atomic E-state index is -3.20. The van der Waals surface area contributed by atoms with Gasteiger partial charge in [-0.2, -0.15) is 0 Å². The van der Waals surface area contributed by atoms with Crippen molar-refractivity contribution in [2.45, 2.75) is 31.2 Å². The molecule has 0 aliphatic rings. The molecule has 0 radical (unpaired) electrons. The highest BCUT2D eigenvalue weighted by Gasteiger charge is 2.11. The van der Waals surface area contributed by atoms with Crippen LogP contribution < -0.4 is 10.6 Å². The molecule has 0 unspecified atom stereocenters. The number of nitrogens with zero attached hydrogens (tertiary/aromatic N) is 1. The van der Waals surface area contributed by atoms with E-state index in [0.29, 0.717) is 27.4 Å². The summed E-state index contributed by atoms with van der Waals surface area (Å²) in [5.41, 5.74) is 2.79. The van der Waals surface area contributed by atoms with Gasteiger partial charge in [0.05, 0.1) is 4.90 Å². The molecule has 2 rings (SSSR count). The fourth-order valence-corrected chi connectivity index (χ4v) is 4.32. The molecule has 2 N–H and O–H groups in total. The lowest BCUT2D eigenvalue weighted by atomic mass is 10.1. The molecule has 0 amide bonds. The van der Waals surface area contributed by atoms with E-state index in [1.807, 2.05) is 24.3 Å². The van der Waals surface area contributed by atoms with Crippen molar-refractivity contribution in [1.29, 1.82) is 0 Å². The number of aryl methyl sites for hydroxylation is 2. The fourth-order valence-electron chi connectivity index (χ4n) is 2.85. The summed E-state index contributed by atoms with van der Waals surface area (Å²) in [5, 5.41) is 7.82. The number of nitrogens with one attached hydrogen (secondary N) is 2. The van der Waals surface area contributed by atoms with Gasteiger partial charge in [0.2, 0.25) is 0 Å². The van der Waals surface area contributed by atoms with Crippen molar-refractivity contribution in [2.75, 3.05) is 19.8 Å². The average molecular weight is 570 g/mol. The summed E-state index contributed by atoms with van der Waals surface area (Å²) < 4.78 is 23.4. The molecular formula is C20H26Cl2IN3O2S. The predicted octanol–water partition coefficient (Wildman–Crippen LogP) is 4.62. The van der Waals surface area contributed by atoms with Crippen molar-refractivity contribution in [3.8, 4) is 0 Å². The van der Waals surface area contributed by atoms with Crippen LogP contribution in [-0.4, -0.2) is 34.2 Å². The summed E-state index contributed by atoms with van der Waals surface area (Å²) in [6.07, 6.45) is 2.95. The van der Waals surface area contributed by atoms with Gasteiger partial charge in [0.15, 0.2) is 15.8 Å². The quantitative estimate of drug-likeness (QED) is 0.221. The number of guanidine groups is 1. The summed E-state index contributed by atoms with van der Waals surface area (Å²) in [5.74, 6) is 0.687. The van der Waals surface area contributed by atoms with Gasteiger partial charge in [-0.3, -0.25) is 4.99 Å². The first-order chi connectivity index (χ1) is 13.2. The van der Waals surface area contributed by atoms with Gasteiger partial charge < -0.3 is 10.6 Å². The van der Waals surface area contributed by atoms with Crippen LogP contribution >= 0.6 is 47.2 Å². The van der Waals surface area contributed by atoms with E-state index in [-0.39, 0.29) is 24.0 Å². The van der Waals surface area contributed by atoms with Crippen molar-refractivity contribution in [3.63, 3.8) is 0 Å². The third-order valence-electron chi connectivity index (χ3n) is 4.25. The summed E-state index contributed by atoms with van der Waals surface area (Å²) in [6, 6.07) is 10.9. The largest absolute Gasteiger partial charge is 0.356 e. The summed E-state index contributed by atoms with van der Waals surface area (Å²) >= 11 is 12.1. The predicted molar refractivity (Wildman–Crippen MR) is 133 cm³/mol. The third kappa shape index (κ3) is 8.32. The Labute approximate surface area is 200 Å². The van der Waals surface area contributed by atoms with Crippen LogP contribution in [-0.2, 0) is 22.8 Å². The lowest BCUT2D eigenvalue weighted by Gasteiger charge is -2.13.